The maximum atomic E-state index is 11.8. The molecule has 0 unspecified atom stereocenters. The van der Waals surface area contributed by atoms with Crippen molar-refractivity contribution in [3.8, 4) is 5.75 Å². The van der Waals surface area contributed by atoms with Gasteiger partial charge in [-0.1, -0.05) is 26.5 Å². The Kier molecular flexibility index (Phi) is 3.18. The first-order valence-corrected chi connectivity index (χ1v) is 5.84. The molecule has 17 heavy (non-hydrogen) atoms. The standard InChI is InChI=1S/C14H17NO2/c1-4-14(16)15-7-8-17-13-6-5-11(10(2)3)9-12(13)15/h4-6,9-10H,1,7-8H2,2-3H3. The van der Waals surface area contributed by atoms with E-state index in [0.29, 0.717) is 19.1 Å². The fourth-order valence-electron chi connectivity index (χ4n) is 1.93. The van der Waals surface area contributed by atoms with Gasteiger partial charge in [-0.15, -0.1) is 0 Å². The highest BCUT2D eigenvalue weighted by atomic mass is 16.5. The molecule has 0 aliphatic carbocycles. The van der Waals surface area contributed by atoms with E-state index in [9.17, 15) is 4.79 Å². The van der Waals surface area contributed by atoms with Gasteiger partial charge in [0.15, 0.2) is 0 Å². The number of nitrogens with zero attached hydrogens (tertiary/aromatic N) is 1. The van der Waals surface area contributed by atoms with Crippen LogP contribution in [0.15, 0.2) is 30.9 Å². The molecule has 1 heterocycles. The minimum absolute atomic E-state index is 0.0737. The van der Waals surface area contributed by atoms with Crippen molar-refractivity contribution in [2.75, 3.05) is 18.1 Å². The summed E-state index contributed by atoms with van der Waals surface area (Å²) in [7, 11) is 0. The summed E-state index contributed by atoms with van der Waals surface area (Å²) in [4.78, 5) is 13.5. The summed E-state index contributed by atoms with van der Waals surface area (Å²) in [6.45, 7) is 8.91. The number of rotatable bonds is 2. The van der Waals surface area contributed by atoms with Gasteiger partial charge >= 0.3 is 0 Å². The molecule has 0 N–H and O–H groups in total. The van der Waals surface area contributed by atoms with E-state index in [2.05, 4.69) is 20.4 Å². The highest BCUT2D eigenvalue weighted by Gasteiger charge is 2.22. The van der Waals surface area contributed by atoms with E-state index in [1.54, 1.807) is 4.90 Å². The zero-order valence-corrected chi connectivity index (χ0v) is 10.3. The predicted octanol–water partition coefficient (Wildman–Crippen LogP) is 2.72. The molecule has 90 valence electrons. The van der Waals surface area contributed by atoms with Crippen molar-refractivity contribution in [3.63, 3.8) is 0 Å². The second-order valence-corrected chi connectivity index (χ2v) is 4.42. The molecule has 0 fully saturated rings. The van der Waals surface area contributed by atoms with Crippen LogP contribution in [0.2, 0.25) is 0 Å². The Morgan fingerprint density at radius 2 is 2.29 bits per heavy atom. The average Bonchev–Trinajstić information content (AvgIpc) is 2.36. The number of ether oxygens (including phenoxy) is 1. The Morgan fingerprint density at radius 1 is 1.53 bits per heavy atom. The number of carbonyl (C=O) groups excluding carboxylic acids is 1. The quantitative estimate of drug-likeness (QED) is 0.732. The van der Waals surface area contributed by atoms with Gasteiger partial charge in [0.05, 0.1) is 12.2 Å². The molecule has 3 heteroatoms. The second kappa shape index (κ2) is 4.62. The summed E-state index contributed by atoms with van der Waals surface area (Å²) in [5, 5.41) is 0. The fraction of sp³-hybridized carbons (Fsp3) is 0.357. The van der Waals surface area contributed by atoms with Crippen molar-refractivity contribution in [3.05, 3.63) is 36.4 Å². The van der Waals surface area contributed by atoms with Crippen LogP contribution in [0.3, 0.4) is 0 Å². The van der Waals surface area contributed by atoms with Crippen LogP contribution in [0.4, 0.5) is 5.69 Å². The van der Waals surface area contributed by atoms with E-state index in [1.165, 1.54) is 11.6 Å². The third-order valence-corrected chi connectivity index (χ3v) is 2.95. The molecule has 0 radical (unpaired) electrons. The van der Waals surface area contributed by atoms with Crippen molar-refractivity contribution in [1.82, 2.24) is 0 Å². The summed E-state index contributed by atoms with van der Waals surface area (Å²) in [5.74, 6) is 1.13. The monoisotopic (exact) mass is 231 g/mol. The predicted molar refractivity (Wildman–Crippen MR) is 68.6 cm³/mol. The molecule has 1 aromatic carbocycles. The van der Waals surface area contributed by atoms with Gasteiger partial charge in [0.25, 0.3) is 5.91 Å². The lowest BCUT2D eigenvalue weighted by Gasteiger charge is -2.29. The molecule has 2 rings (SSSR count). The van der Waals surface area contributed by atoms with Crippen LogP contribution >= 0.6 is 0 Å². The lowest BCUT2D eigenvalue weighted by Crippen LogP contribution is -2.36. The van der Waals surface area contributed by atoms with Crippen LogP contribution in [0, 0.1) is 0 Å². The van der Waals surface area contributed by atoms with E-state index in [4.69, 9.17) is 4.74 Å². The third kappa shape index (κ3) is 2.18. The zero-order valence-electron chi connectivity index (χ0n) is 10.3. The van der Waals surface area contributed by atoms with Gasteiger partial charge in [0.2, 0.25) is 0 Å². The number of fused-ring (bicyclic) bond motifs is 1. The first-order chi connectivity index (χ1) is 8.13. The highest BCUT2D eigenvalue weighted by Crippen LogP contribution is 2.34. The first kappa shape index (κ1) is 11.7. The lowest BCUT2D eigenvalue weighted by molar-refractivity contribution is -0.114. The molecule has 3 nitrogen and oxygen atoms in total. The van der Waals surface area contributed by atoms with E-state index in [-0.39, 0.29) is 5.91 Å². The van der Waals surface area contributed by atoms with E-state index >= 15 is 0 Å². The van der Waals surface area contributed by atoms with Gasteiger partial charge in [-0.2, -0.15) is 0 Å². The lowest BCUT2D eigenvalue weighted by atomic mass is 10.0. The highest BCUT2D eigenvalue weighted by molar-refractivity contribution is 6.02. The van der Waals surface area contributed by atoms with Crippen LogP contribution < -0.4 is 9.64 Å². The topological polar surface area (TPSA) is 29.5 Å². The fourth-order valence-corrected chi connectivity index (χ4v) is 1.93. The molecule has 1 amide bonds. The van der Waals surface area contributed by atoms with Crippen LogP contribution in [-0.2, 0) is 4.79 Å². The van der Waals surface area contributed by atoms with Gasteiger partial charge in [-0.3, -0.25) is 4.79 Å². The zero-order chi connectivity index (χ0) is 12.4. The van der Waals surface area contributed by atoms with Crippen molar-refractivity contribution >= 4 is 11.6 Å². The molecule has 0 bridgehead atoms. The minimum Gasteiger partial charge on any atom is -0.490 e. The van der Waals surface area contributed by atoms with Gasteiger partial charge < -0.3 is 9.64 Å². The van der Waals surface area contributed by atoms with Crippen LogP contribution in [-0.4, -0.2) is 19.1 Å². The molecule has 0 atom stereocenters. The summed E-state index contributed by atoms with van der Waals surface area (Å²) < 4.78 is 5.55. The van der Waals surface area contributed by atoms with Crippen LogP contribution in [0.25, 0.3) is 0 Å². The first-order valence-electron chi connectivity index (χ1n) is 5.84. The Labute approximate surface area is 102 Å². The molecule has 1 aliphatic rings. The Hall–Kier alpha value is -1.77. The molecule has 0 aromatic heterocycles. The minimum atomic E-state index is -0.0737. The van der Waals surface area contributed by atoms with Gasteiger partial charge in [0, 0.05) is 0 Å². The number of carbonyl (C=O) groups is 1. The number of hydrogen-bond donors (Lipinski definition) is 0. The Balaban J connectivity index is 2.44. The number of amides is 1. The SMILES string of the molecule is C=CC(=O)N1CCOc2ccc(C(C)C)cc21. The molecule has 0 saturated heterocycles. The second-order valence-electron chi connectivity index (χ2n) is 4.42. The molecular weight excluding hydrogens is 214 g/mol. The normalized spacial score (nSPS) is 14.2. The van der Waals surface area contributed by atoms with Crippen molar-refractivity contribution in [2.24, 2.45) is 0 Å². The molecular formula is C14H17NO2. The Morgan fingerprint density at radius 3 is 2.94 bits per heavy atom. The summed E-state index contributed by atoms with van der Waals surface area (Å²) in [5.41, 5.74) is 2.06. The third-order valence-electron chi connectivity index (χ3n) is 2.95. The summed E-state index contributed by atoms with van der Waals surface area (Å²) >= 11 is 0. The maximum Gasteiger partial charge on any atom is 0.250 e. The number of benzene rings is 1. The van der Waals surface area contributed by atoms with Crippen molar-refractivity contribution < 1.29 is 9.53 Å². The smallest absolute Gasteiger partial charge is 0.250 e. The number of anilines is 1. The summed E-state index contributed by atoms with van der Waals surface area (Å²) in [6.07, 6.45) is 1.34. The average molecular weight is 231 g/mol. The van der Waals surface area contributed by atoms with Crippen LogP contribution in [0.1, 0.15) is 25.3 Å². The van der Waals surface area contributed by atoms with Gasteiger partial charge in [-0.05, 0) is 29.7 Å². The van der Waals surface area contributed by atoms with Crippen molar-refractivity contribution in [1.29, 1.82) is 0 Å². The number of hydrogen-bond acceptors (Lipinski definition) is 2. The largest absolute Gasteiger partial charge is 0.490 e. The molecule has 0 spiro atoms. The maximum absolute atomic E-state index is 11.8. The molecule has 1 aliphatic heterocycles. The van der Waals surface area contributed by atoms with E-state index < -0.39 is 0 Å². The Bertz CT molecular complexity index is 452. The van der Waals surface area contributed by atoms with Crippen LogP contribution in [0.5, 0.6) is 5.75 Å². The van der Waals surface area contributed by atoms with Crippen molar-refractivity contribution in [2.45, 2.75) is 19.8 Å². The molecule has 1 aromatic rings. The van der Waals surface area contributed by atoms with Gasteiger partial charge in [-0.25, -0.2) is 0 Å². The van der Waals surface area contributed by atoms with E-state index in [1.807, 2.05) is 18.2 Å². The molecule has 0 saturated carbocycles. The van der Waals surface area contributed by atoms with Gasteiger partial charge in [0.1, 0.15) is 12.4 Å². The summed E-state index contributed by atoms with van der Waals surface area (Å²) in [6, 6.07) is 6.01. The van der Waals surface area contributed by atoms with E-state index in [0.717, 1.165) is 11.4 Å².